The van der Waals surface area contributed by atoms with E-state index in [1.807, 2.05) is 44.5 Å². The lowest BCUT2D eigenvalue weighted by molar-refractivity contribution is 0.00578. The van der Waals surface area contributed by atoms with Crippen LogP contribution in [0.25, 0.3) is 0 Å². The first-order chi connectivity index (χ1) is 7.41. The van der Waals surface area contributed by atoms with Gasteiger partial charge in [0.15, 0.2) is 0 Å². The molecule has 2 nitrogen and oxygen atoms in total. The molecule has 0 saturated carbocycles. The van der Waals surface area contributed by atoms with Gasteiger partial charge in [-0.25, -0.2) is 0 Å². The van der Waals surface area contributed by atoms with Crippen molar-refractivity contribution in [3.63, 3.8) is 0 Å². The molecule has 0 N–H and O–H groups in total. The molecule has 0 aliphatic carbocycles. The maximum Gasteiger partial charge on any atom is 0.551 e. The van der Waals surface area contributed by atoms with Crippen LogP contribution in [-0.4, -0.2) is 18.3 Å². The van der Waals surface area contributed by atoms with Crippen molar-refractivity contribution in [2.24, 2.45) is 0 Å². The van der Waals surface area contributed by atoms with E-state index in [1.54, 1.807) is 11.3 Å². The largest absolute Gasteiger partial charge is 0.551 e. The van der Waals surface area contributed by atoms with Crippen molar-refractivity contribution in [1.29, 1.82) is 0 Å². The van der Waals surface area contributed by atoms with Crippen molar-refractivity contribution < 1.29 is 9.31 Å². The minimum atomic E-state index is -0.426. The van der Waals surface area contributed by atoms with Gasteiger partial charge in [0.1, 0.15) is 0 Å². The zero-order chi connectivity index (χ0) is 11.8. The zero-order valence-corrected chi connectivity index (χ0v) is 10.9. The van der Waals surface area contributed by atoms with E-state index in [0.29, 0.717) is 0 Å². The summed E-state index contributed by atoms with van der Waals surface area (Å²) in [6, 6.07) is 1.99. The van der Waals surface area contributed by atoms with Gasteiger partial charge in [0.2, 0.25) is 0 Å². The molecule has 0 spiro atoms. The van der Waals surface area contributed by atoms with Crippen LogP contribution < -0.4 is 0 Å². The summed E-state index contributed by atoms with van der Waals surface area (Å²) in [5.74, 6) is 6.06. The minimum absolute atomic E-state index is 0.305. The van der Waals surface area contributed by atoms with E-state index >= 15 is 0 Å². The van der Waals surface area contributed by atoms with Crippen LogP contribution in [0.3, 0.4) is 0 Å². The molecule has 1 aromatic rings. The summed E-state index contributed by atoms with van der Waals surface area (Å²) in [7, 11) is -0.426. The van der Waals surface area contributed by atoms with E-state index in [2.05, 4.69) is 11.7 Å². The smallest absolute Gasteiger partial charge is 0.392 e. The molecule has 4 heteroatoms. The fourth-order valence-corrected chi connectivity index (χ4v) is 1.97. The fourth-order valence-electron chi connectivity index (χ4n) is 1.38. The molecule has 0 unspecified atom stereocenters. The first-order valence-electron chi connectivity index (χ1n) is 5.30. The van der Waals surface area contributed by atoms with E-state index in [-0.39, 0.29) is 11.2 Å². The van der Waals surface area contributed by atoms with Gasteiger partial charge in [0, 0.05) is 10.9 Å². The van der Waals surface area contributed by atoms with Crippen LogP contribution in [-0.2, 0) is 9.31 Å². The van der Waals surface area contributed by atoms with Crippen molar-refractivity contribution in [2.45, 2.75) is 38.9 Å². The quantitative estimate of drug-likeness (QED) is 0.507. The van der Waals surface area contributed by atoms with Crippen molar-refractivity contribution in [1.82, 2.24) is 0 Å². The standard InChI is InChI=1S/C12H15BO2S/c1-11(2)12(3,4)15-13(14-11)7-5-10-6-8-16-9-10/h6,8-9H,1-4H3. The molecule has 0 aromatic carbocycles. The Morgan fingerprint density at radius 2 is 1.81 bits per heavy atom. The molecule has 0 bridgehead atoms. The maximum atomic E-state index is 5.77. The highest BCUT2D eigenvalue weighted by molar-refractivity contribution is 7.08. The predicted molar refractivity (Wildman–Crippen MR) is 67.3 cm³/mol. The van der Waals surface area contributed by atoms with Crippen LogP contribution >= 0.6 is 11.3 Å². The van der Waals surface area contributed by atoms with Crippen LogP contribution in [0.4, 0.5) is 0 Å². The average molecular weight is 234 g/mol. The van der Waals surface area contributed by atoms with Gasteiger partial charge in [-0.1, -0.05) is 11.7 Å². The van der Waals surface area contributed by atoms with Gasteiger partial charge in [-0.2, -0.15) is 11.3 Å². The lowest BCUT2D eigenvalue weighted by atomic mass is 9.90. The number of hydrogen-bond donors (Lipinski definition) is 0. The van der Waals surface area contributed by atoms with Crippen LogP contribution in [0.1, 0.15) is 33.3 Å². The molecule has 2 rings (SSSR count). The lowest BCUT2D eigenvalue weighted by Gasteiger charge is -2.32. The molecule has 1 aliphatic rings. The summed E-state index contributed by atoms with van der Waals surface area (Å²) < 4.78 is 11.5. The van der Waals surface area contributed by atoms with Crippen molar-refractivity contribution in [2.75, 3.05) is 0 Å². The fraction of sp³-hybridized carbons (Fsp3) is 0.500. The molecule has 84 valence electrons. The second-order valence-electron chi connectivity index (χ2n) is 4.87. The van der Waals surface area contributed by atoms with Crippen molar-refractivity contribution in [3.05, 3.63) is 22.4 Å². The number of thiophene rings is 1. The van der Waals surface area contributed by atoms with Crippen LogP contribution in [0.2, 0.25) is 0 Å². The molecular formula is C12H15BO2S. The van der Waals surface area contributed by atoms with Crippen molar-refractivity contribution >= 4 is 18.5 Å². The summed E-state index contributed by atoms with van der Waals surface area (Å²) in [6.45, 7) is 8.11. The van der Waals surface area contributed by atoms with Crippen molar-refractivity contribution in [3.8, 4) is 11.7 Å². The van der Waals surface area contributed by atoms with Gasteiger partial charge in [-0.15, -0.1) is 0 Å². The Labute approximate surface area is 101 Å². The SMILES string of the molecule is CC1(C)OB(C#Cc2ccsc2)OC1(C)C. The van der Waals surface area contributed by atoms with E-state index in [0.717, 1.165) is 5.56 Å². The van der Waals surface area contributed by atoms with Gasteiger partial charge in [0.25, 0.3) is 0 Å². The van der Waals surface area contributed by atoms with Crippen LogP contribution in [0.15, 0.2) is 16.8 Å². The summed E-state index contributed by atoms with van der Waals surface area (Å²) in [5, 5.41) is 4.02. The number of hydrogen-bond acceptors (Lipinski definition) is 3. The van der Waals surface area contributed by atoms with E-state index in [9.17, 15) is 0 Å². The Kier molecular flexibility index (Phi) is 2.87. The van der Waals surface area contributed by atoms with E-state index in [1.165, 1.54) is 0 Å². The first-order valence-corrected chi connectivity index (χ1v) is 6.24. The Morgan fingerprint density at radius 1 is 1.19 bits per heavy atom. The topological polar surface area (TPSA) is 18.5 Å². The molecule has 1 fully saturated rings. The monoisotopic (exact) mass is 234 g/mol. The highest BCUT2D eigenvalue weighted by atomic mass is 32.1. The minimum Gasteiger partial charge on any atom is -0.392 e. The van der Waals surface area contributed by atoms with E-state index < -0.39 is 7.12 Å². The van der Waals surface area contributed by atoms with Crippen LogP contribution in [0, 0.1) is 11.7 Å². The second kappa shape index (κ2) is 3.92. The molecule has 1 saturated heterocycles. The molecule has 0 radical (unpaired) electrons. The van der Waals surface area contributed by atoms with Gasteiger partial charge >= 0.3 is 7.12 Å². The summed E-state index contributed by atoms with van der Waals surface area (Å²) in [4.78, 5) is 0. The molecular weight excluding hydrogens is 219 g/mol. The summed E-state index contributed by atoms with van der Waals surface area (Å²) in [5.41, 5.74) is 0.404. The highest BCUT2D eigenvalue weighted by Gasteiger charge is 2.50. The third-order valence-electron chi connectivity index (χ3n) is 3.11. The first kappa shape index (κ1) is 11.7. The third kappa shape index (κ3) is 2.17. The Bertz CT molecular complexity index is 410. The lowest BCUT2D eigenvalue weighted by Crippen LogP contribution is -2.41. The third-order valence-corrected chi connectivity index (χ3v) is 3.79. The molecule has 1 aromatic heterocycles. The average Bonchev–Trinajstić information content (AvgIpc) is 2.70. The summed E-state index contributed by atoms with van der Waals surface area (Å²) >= 11 is 1.64. The molecule has 16 heavy (non-hydrogen) atoms. The summed E-state index contributed by atoms with van der Waals surface area (Å²) in [6.07, 6.45) is 0. The van der Waals surface area contributed by atoms with Gasteiger partial charge in [-0.3, -0.25) is 0 Å². The molecule has 0 atom stereocenters. The predicted octanol–water partition coefficient (Wildman–Crippen LogP) is 2.73. The second-order valence-corrected chi connectivity index (χ2v) is 5.65. The highest BCUT2D eigenvalue weighted by Crippen LogP contribution is 2.36. The molecule has 1 aliphatic heterocycles. The normalized spacial score (nSPS) is 21.6. The zero-order valence-electron chi connectivity index (χ0n) is 10.0. The Balaban J connectivity index is 2.10. The maximum absolute atomic E-state index is 5.77. The van der Waals surface area contributed by atoms with Gasteiger partial charge in [0.05, 0.1) is 11.2 Å². The van der Waals surface area contributed by atoms with Gasteiger partial charge < -0.3 is 9.31 Å². The Hall–Kier alpha value is -0.755. The molecule has 2 heterocycles. The van der Waals surface area contributed by atoms with E-state index in [4.69, 9.17) is 9.31 Å². The van der Waals surface area contributed by atoms with Crippen LogP contribution in [0.5, 0.6) is 0 Å². The molecule has 0 amide bonds. The number of rotatable bonds is 0. The van der Waals surface area contributed by atoms with Gasteiger partial charge in [-0.05, 0) is 39.1 Å². The Morgan fingerprint density at radius 3 is 2.31 bits per heavy atom.